The van der Waals surface area contributed by atoms with Gasteiger partial charge in [0.2, 0.25) is 0 Å². The van der Waals surface area contributed by atoms with Crippen LogP contribution in [0, 0.1) is 0 Å². The van der Waals surface area contributed by atoms with Crippen molar-refractivity contribution in [3.05, 3.63) is 53.9 Å². The third-order valence-corrected chi connectivity index (χ3v) is 2.62. The van der Waals surface area contributed by atoms with Crippen LogP contribution in [0.3, 0.4) is 0 Å². The van der Waals surface area contributed by atoms with Crippen LogP contribution < -0.4 is 0 Å². The number of fused-ring (bicyclic) bond motifs is 1. The molecule has 2 aromatic heterocycles. The highest BCUT2D eigenvalue weighted by Crippen LogP contribution is 2.18. The minimum absolute atomic E-state index is 0.513. The van der Waals surface area contributed by atoms with Crippen LogP contribution in [0.4, 0.5) is 0 Å². The minimum atomic E-state index is 0.513. The number of aromatic nitrogens is 3. The van der Waals surface area contributed by atoms with Crippen LogP contribution in [-0.4, -0.2) is 14.8 Å². The smallest absolute Gasteiger partial charge is 0.129 e. The Kier molecular flexibility index (Phi) is 2.11. The van der Waals surface area contributed by atoms with Gasteiger partial charge in [-0.15, -0.1) is 0 Å². The monoisotopic (exact) mass is 229 g/mol. The zero-order chi connectivity index (χ0) is 11.0. The van der Waals surface area contributed by atoms with Crippen molar-refractivity contribution in [2.45, 2.75) is 0 Å². The molecule has 0 unspecified atom stereocenters. The number of nitrogens with zero attached hydrogens (tertiary/aromatic N) is 3. The van der Waals surface area contributed by atoms with Crippen molar-refractivity contribution >= 4 is 22.5 Å². The molecular formula is C12H8ClN3. The Bertz CT molecular complexity index is 632. The zero-order valence-electron chi connectivity index (χ0n) is 8.34. The van der Waals surface area contributed by atoms with Crippen molar-refractivity contribution in [1.29, 1.82) is 0 Å². The van der Waals surface area contributed by atoms with E-state index in [9.17, 15) is 0 Å². The summed E-state index contributed by atoms with van der Waals surface area (Å²) in [5.41, 5.74) is 1.91. The van der Waals surface area contributed by atoms with Gasteiger partial charge in [0, 0.05) is 17.8 Å². The van der Waals surface area contributed by atoms with Gasteiger partial charge in [0.15, 0.2) is 0 Å². The van der Waals surface area contributed by atoms with Crippen LogP contribution >= 0.6 is 11.6 Å². The van der Waals surface area contributed by atoms with E-state index in [1.165, 1.54) is 0 Å². The van der Waals surface area contributed by atoms with Gasteiger partial charge < -0.3 is 0 Å². The SMILES string of the molecule is Clc1ccc2cc(-n3cccn3)ccc2n1. The van der Waals surface area contributed by atoms with Crippen LogP contribution in [0.15, 0.2) is 48.8 Å². The summed E-state index contributed by atoms with van der Waals surface area (Å²) < 4.78 is 1.81. The summed E-state index contributed by atoms with van der Waals surface area (Å²) in [6.07, 6.45) is 3.66. The van der Waals surface area contributed by atoms with Crippen molar-refractivity contribution in [2.75, 3.05) is 0 Å². The predicted octanol–water partition coefficient (Wildman–Crippen LogP) is 3.07. The average molecular weight is 230 g/mol. The molecule has 1 aromatic carbocycles. The number of halogens is 1. The van der Waals surface area contributed by atoms with Crippen molar-refractivity contribution < 1.29 is 0 Å². The molecule has 0 saturated carbocycles. The first-order valence-corrected chi connectivity index (χ1v) is 5.27. The fourth-order valence-electron chi connectivity index (χ4n) is 1.65. The van der Waals surface area contributed by atoms with Gasteiger partial charge >= 0.3 is 0 Å². The third-order valence-electron chi connectivity index (χ3n) is 2.41. The lowest BCUT2D eigenvalue weighted by Gasteiger charge is -2.03. The van der Waals surface area contributed by atoms with Crippen LogP contribution in [0.25, 0.3) is 16.6 Å². The quantitative estimate of drug-likeness (QED) is 0.601. The van der Waals surface area contributed by atoms with Crippen molar-refractivity contribution in [2.24, 2.45) is 0 Å². The Labute approximate surface area is 97.3 Å². The molecule has 2 heterocycles. The summed E-state index contributed by atoms with van der Waals surface area (Å²) >= 11 is 5.83. The topological polar surface area (TPSA) is 30.7 Å². The summed E-state index contributed by atoms with van der Waals surface area (Å²) in [7, 11) is 0. The van der Waals surface area contributed by atoms with E-state index < -0.39 is 0 Å². The molecule has 0 fully saturated rings. The third kappa shape index (κ3) is 1.55. The van der Waals surface area contributed by atoms with E-state index in [-0.39, 0.29) is 0 Å². The maximum absolute atomic E-state index is 5.83. The van der Waals surface area contributed by atoms with E-state index in [0.29, 0.717) is 5.15 Å². The van der Waals surface area contributed by atoms with Gasteiger partial charge in [-0.25, -0.2) is 9.67 Å². The predicted molar refractivity (Wildman–Crippen MR) is 63.9 cm³/mol. The number of hydrogen-bond donors (Lipinski definition) is 0. The second kappa shape index (κ2) is 3.61. The molecule has 0 N–H and O–H groups in total. The first kappa shape index (κ1) is 9.36. The molecule has 0 atom stereocenters. The number of pyridine rings is 1. The van der Waals surface area contributed by atoms with Crippen molar-refractivity contribution in [3.8, 4) is 5.69 Å². The largest absolute Gasteiger partial charge is 0.241 e. The van der Waals surface area contributed by atoms with Crippen LogP contribution in [0.5, 0.6) is 0 Å². The van der Waals surface area contributed by atoms with E-state index in [4.69, 9.17) is 11.6 Å². The van der Waals surface area contributed by atoms with Gasteiger partial charge in [-0.3, -0.25) is 0 Å². The maximum atomic E-state index is 5.83. The Morgan fingerprint density at radius 3 is 2.88 bits per heavy atom. The normalized spacial score (nSPS) is 10.8. The standard InChI is InChI=1S/C12H8ClN3/c13-12-5-2-9-8-10(3-4-11(9)15-12)16-7-1-6-14-16/h1-8H. The molecule has 0 amide bonds. The second-order valence-electron chi connectivity index (χ2n) is 3.46. The van der Waals surface area contributed by atoms with Crippen LogP contribution in [0.2, 0.25) is 5.15 Å². The molecule has 0 bridgehead atoms. The number of benzene rings is 1. The summed E-state index contributed by atoms with van der Waals surface area (Å²) in [4.78, 5) is 4.23. The first-order chi connectivity index (χ1) is 7.83. The Hall–Kier alpha value is -1.87. The molecule has 0 spiro atoms. The lowest BCUT2D eigenvalue weighted by atomic mass is 10.2. The number of hydrogen-bond acceptors (Lipinski definition) is 2. The zero-order valence-corrected chi connectivity index (χ0v) is 9.09. The molecule has 0 aliphatic carbocycles. The van der Waals surface area contributed by atoms with Gasteiger partial charge in [-0.2, -0.15) is 5.10 Å². The molecule has 0 saturated heterocycles. The molecule has 3 rings (SSSR count). The molecule has 0 aliphatic heterocycles. The number of rotatable bonds is 1. The Morgan fingerprint density at radius 1 is 1.12 bits per heavy atom. The van der Waals surface area contributed by atoms with E-state index in [1.54, 1.807) is 12.3 Å². The first-order valence-electron chi connectivity index (χ1n) is 4.89. The maximum Gasteiger partial charge on any atom is 0.129 e. The summed E-state index contributed by atoms with van der Waals surface area (Å²) in [6, 6.07) is 11.6. The Balaban J connectivity index is 2.20. The molecular weight excluding hydrogens is 222 g/mol. The molecule has 3 aromatic rings. The molecule has 4 heteroatoms. The highest BCUT2D eigenvalue weighted by atomic mass is 35.5. The van der Waals surface area contributed by atoms with E-state index in [2.05, 4.69) is 10.1 Å². The highest BCUT2D eigenvalue weighted by Gasteiger charge is 2.00. The molecule has 16 heavy (non-hydrogen) atoms. The van der Waals surface area contributed by atoms with Gasteiger partial charge in [0.25, 0.3) is 0 Å². The van der Waals surface area contributed by atoms with Crippen molar-refractivity contribution in [3.63, 3.8) is 0 Å². The van der Waals surface area contributed by atoms with Gasteiger partial charge in [0.05, 0.1) is 11.2 Å². The molecule has 0 aliphatic rings. The van der Waals surface area contributed by atoms with E-state index in [1.807, 2.05) is 41.2 Å². The van der Waals surface area contributed by atoms with Crippen molar-refractivity contribution in [1.82, 2.24) is 14.8 Å². The van der Waals surface area contributed by atoms with Crippen LogP contribution in [-0.2, 0) is 0 Å². The molecule has 0 radical (unpaired) electrons. The van der Waals surface area contributed by atoms with Gasteiger partial charge in [0.1, 0.15) is 5.15 Å². The second-order valence-corrected chi connectivity index (χ2v) is 3.85. The minimum Gasteiger partial charge on any atom is -0.241 e. The van der Waals surface area contributed by atoms with E-state index in [0.717, 1.165) is 16.6 Å². The molecule has 78 valence electrons. The van der Waals surface area contributed by atoms with Gasteiger partial charge in [-0.1, -0.05) is 11.6 Å². The fourth-order valence-corrected chi connectivity index (χ4v) is 1.81. The lowest BCUT2D eigenvalue weighted by molar-refractivity contribution is 0.882. The average Bonchev–Trinajstić information content (AvgIpc) is 2.82. The van der Waals surface area contributed by atoms with Gasteiger partial charge in [-0.05, 0) is 36.4 Å². The molecule has 3 nitrogen and oxygen atoms in total. The van der Waals surface area contributed by atoms with Crippen LogP contribution in [0.1, 0.15) is 0 Å². The van der Waals surface area contributed by atoms with E-state index >= 15 is 0 Å². The summed E-state index contributed by atoms with van der Waals surface area (Å²) in [5, 5.41) is 5.75. The Morgan fingerprint density at radius 2 is 2.06 bits per heavy atom. The highest BCUT2D eigenvalue weighted by molar-refractivity contribution is 6.29. The fraction of sp³-hybridized carbons (Fsp3) is 0. The lowest BCUT2D eigenvalue weighted by Crippen LogP contribution is -1.93. The summed E-state index contributed by atoms with van der Waals surface area (Å²) in [5.74, 6) is 0. The summed E-state index contributed by atoms with van der Waals surface area (Å²) in [6.45, 7) is 0.